The first-order chi connectivity index (χ1) is 72.2. The van der Waals surface area contributed by atoms with Crippen LogP contribution in [0.15, 0.2) is 345 Å². The molecule has 30 nitrogen and oxygen atoms in total. The molecule has 150 heavy (non-hydrogen) atoms. The van der Waals surface area contributed by atoms with Crippen LogP contribution in [0.3, 0.4) is 0 Å². The summed E-state index contributed by atoms with van der Waals surface area (Å²) in [6, 6.07) is 87.3. The smallest absolute Gasteiger partial charge is 0.299 e. The minimum absolute atomic E-state index is 0.0178. The topological polar surface area (TPSA) is 429 Å². The van der Waals surface area contributed by atoms with Gasteiger partial charge in [0.05, 0.1) is 53.6 Å². The molecule has 0 aliphatic rings. The molecule has 0 saturated heterocycles. The third-order valence-corrected chi connectivity index (χ3v) is 25.9. The molecule has 764 valence electrons. The van der Waals surface area contributed by atoms with Gasteiger partial charge >= 0.3 is 0 Å². The van der Waals surface area contributed by atoms with Gasteiger partial charge in [0.2, 0.25) is 11.8 Å². The van der Waals surface area contributed by atoms with Crippen molar-refractivity contribution in [3.05, 3.63) is 422 Å². The van der Waals surface area contributed by atoms with Crippen LogP contribution in [0.2, 0.25) is 0 Å². The number of hydrogen-bond donors (Lipinski definition) is 12. The summed E-state index contributed by atoms with van der Waals surface area (Å²) >= 11 is 0. The Hall–Kier alpha value is -18.0. The minimum atomic E-state index is -0.300. The first-order valence-corrected chi connectivity index (χ1v) is 49.5. The summed E-state index contributed by atoms with van der Waals surface area (Å²) in [4.78, 5) is 38.1. The van der Waals surface area contributed by atoms with Gasteiger partial charge in [-0.05, 0) is 296 Å². The number of phenolic OH excluding ortho intramolecular Hbond substituents is 4. The quantitative estimate of drug-likeness (QED) is 0.0169. The molecule has 19 rings (SSSR count). The second kappa shape index (κ2) is 48.3. The molecule has 19 aromatic rings. The zero-order valence-electron chi connectivity index (χ0n) is 86.3. The molecule has 0 amide bonds. The number of azo groups is 5. The first kappa shape index (κ1) is 106. The van der Waals surface area contributed by atoms with Crippen LogP contribution in [-0.4, -0.2) is 84.4 Å². The van der Waals surface area contributed by atoms with Gasteiger partial charge in [-0.2, -0.15) is 0 Å². The van der Waals surface area contributed by atoms with Crippen LogP contribution in [-0.2, 0) is 52.0 Å². The predicted molar refractivity (Wildman–Crippen MR) is 591 cm³/mol. The second-order valence-corrected chi connectivity index (χ2v) is 37.5. The van der Waals surface area contributed by atoms with E-state index < -0.39 is 0 Å². The molecular formula is C120H122N18O12. The van der Waals surface area contributed by atoms with Crippen LogP contribution in [0.25, 0.3) is 49.6 Å². The molecule has 14 aromatic carbocycles. The van der Waals surface area contributed by atoms with Gasteiger partial charge in [0.1, 0.15) is 51.4 Å². The number of unbranched alkanes of at least 4 members (excludes halogenated alkanes) is 2. The van der Waals surface area contributed by atoms with Crippen LogP contribution in [0.5, 0.6) is 40.5 Å². The Morgan fingerprint density at radius 1 is 0.293 bits per heavy atom. The number of phenols is 5. The number of aromatic hydroxyl groups is 7. The number of nitrogens with zero attached hydrogens (tertiary/aromatic N) is 15. The van der Waals surface area contributed by atoms with Crippen molar-refractivity contribution >= 4 is 89.5 Å². The number of rotatable bonds is 27. The fourth-order valence-electron chi connectivity index (χ4n) is 17.9. The number of fused-ring (bicyclic) bond motifs is 3. The Morgan fingerprint density at radius 3 is 1.25 bits per heavy atom. The zero-order chi connectivity index (χ0) is 107. The number of nitrogens with one attached hydrogen (secondary N) is 3. The summed E-state index contributed by atoms with van der Waals surface area (Å²) in [5.41, 5.74) is 25.6. The SMILES string of the molecule is CCCCCn1[nH]c(C)c(N=Nc2cccc(CCc3ccccc3C)c2O)c1=O.Cc1cc(C)cc(-n2c(O)c(N=Nc3ccc(CO)cc3O)c3ccc(C)cc32)c1.Cc1cc(C)cc(-n2c(O)c(N=Nc3cccc(CO)c3O)c3ccc(C)cc32)c1.Cc1ccc(-n2[nH]c(C)c(N=Nc3ccc4ccccc4c3O)c2=O)cc1.Cc1cccc(C)c1CCc1cccc(N=Nc2c(C)[nH]n(Cc3ccccc3)c2=O)c1O. The number of benzene rings is 14. The van der Waals surface area contributed by atoms with E-state index in [1.54, 1.807) is 76.2 Å². The lowest BCUT2D eigenvalue weighted by molar-refractivity contribution is 0.275. The van der Waals surface area contributed by atoms with Gasteiger partial charge in [0.25, 0.3) is 16.7 Å². The molecule has 0 bridgehead atoms. The molecule has 0 atom stereocenters. The van der Waals surface area contributed by atoms with Crippen LogP contribution < -0.4 is 16.7 Å². The van der Waals surface area contributed by atoms with Crippen molar-refractivity contribution in [2.75, 3.05) is 0 Å². The maximum Gasteiger partial charge on any atom is 0.299 e. The average Bonchev–Trinajstić information content (AvgIpc) is 1.61. The third-order valence-electron chi connectivity index (χ3n) is 25.9. The van der Waals surface area contributed by atoms with Crippen LogP contribution in [0.4, 0.5) is 56.9 Å². The van der Waals surface area contributed by atoms with E-state index in [9.17, 15) is 60.3 Å². The summed E-state index contributed by atoms with van der Waals surface area (Å²) in [6.07, 6.45) is 6.16. The van der Waals surface area contributed by atoms with Gasteiger partial charge in [0.15, 0.2) is 34.2 Å². The Morgan fingerprint density at radius 2 is 0.720 bits per heavy atom. The number of H-pyrrole nitrogens is 3. The van der Waals surface area contributed by atoms with Crippen molar-refractivity contribution in [2.45, 2.75) is 168 Å². The van der Waals surface area contributed by atoms with Crippen LogP contribution >= 0.6 is 0 Å². The molecule has 0 unspecified atom stereocenters. The molecule has 0 spiro atoms. The fraction of sp³-hybridized carbons (Fsp3) is 0.208. The maximum atomic E-state index is 12.8. The van der Waals surface area contributed by atoms with Gasteiger partial charge in [-0.25, -0.2) is 9.36 Å². The van der Waals surface area contributed by atoms with Crippen molar-refractivity contribution < 1.29 is 46.0 Å². The maximum absolute atomic E-state index is 12.8. The van der Waals surface area contributed by atoms with E-state index in [2.05, 4.69) is 137 Å². The number of aliphatic hydroxyl groups excluding tert-OH is 2. The summed E-state index contributed by atoms with van der Waals surface area (Å²) in [5.74, 6) is 0.00858. The van der Waals surface area contributed by atoms with E-state index in [-0.39, 0.29) is 98.8 Å². The molecular weight excluding hydrogens is 1890 g/mol. The molecule has 0 aliphatic carbocycles. The van der Waals surface area contributed by atoms with E-state index in [0.29, 0.717) is 88.0 Å². The highest BCUT2D eigenvalue weighted by atomic mass is 16.3. The normalized spacial score (nSPS) is 11.5. The molecule has 0 aliphatic heterocycles. The Kier molecular flexibility index (Phi) is 34.2. The molecule has 0 radical (unpaired) electrons. The summed E-state index contributed by atoms with van der Waals surface area (Å²) < 4.78 is 8.06. The van der Waals surface area contributed by atoms with Crippen LogP contribution in [0, 0.1) is 90.0 Å². The van der Waals surface area contributed by atoms with Crippen molar-refractivity contribution in [2.24, 2.45) is 51.1 Å². The predicted octanol–water partition coefficient (Wildman–Crippen LogP) is 28.8. The largest absolute Gasteiger partial charge is 0.506 e. The van der Waals surface area contributed by atoms with Gasteiger partial charge in [-0.15, -0.1) is 51.1 Å². The molecule has 5 aromatic heterocycles. The van der Waals surface area contributed by atoms with Crippen molar-refractivity contribution in [3.63, 3.8) is 0 Å². The van der Waals surface area contributed by atoms with Gasteiger partial charge in [0, 0.05) is 39.6 Å². The number of para-hydroxylation sites is 3. The van der Waals surface area contributed by atoms with Crippen molar-refractivity contribution in [1.82, 2.24) is 38.5 Å². The van der Waals surface area contributed by atoms with E-state index in [1.165, 1.54) is 43.2 Å². The average molecular weight is 2010 g/mol. The highest BCUT2D eigenvalue weighted by Gasteiger charge is 2.25. The van der Waals surface area contributed by atoms with Crippen molar-refractivity contribution in [3.8, 4) is 57.6 Å². The highest BCUT2D eigenvalue weighted by molar-refractivity contribution is 5.98. The van der Waals surface area contributed by atoms with Gasteiger partial charge < -0.3 is 46.0 Å². The molecule has 0 fully saturated rings. The van der Waals surface area contributed by atoms with E-state index >= 15 is 0 Å². The monoisotopic (exact) mass is 2010 g/mol. The van der Waals surface area contributed by atoms with E-state index in [0.717, 1.165) is 132 Å². The second-order valence-electron chi connectivity index (χ2n) is 37.5. The Balaban J connectivity index is 0.000000140. The standard InChI is InChI=1S/C27H28N4O2.C24H30N4O2.2C24H23N3O3.C21H18N4O2/c1-18-9-7-10-19(2)23(18)16-15-22-13-8-14-24(26(22)32)28-29-25-20(3)30-31(27(25)33)17-21-11-5-4-6-12-21;1-4-5-8-16-28-24(30)22(18(3)27-28)26-25-21-13-9-12-20(23(21)29)15-14-19-11-7-6-10-17(19)2;1-14-4-6-19-21(11-14)27(18-9-15(2)8-16(3)10-18)24(30)23(19)26-25-20-7-5-17(13-28)12-22(20)29;1-14-7-8-19-21(12-14)27(18-10-15(2)9-16(3)11-18)24(30)22(19)26-25-20-6-4-5-17(13-28)23(20)29;1-13-7-10-16(11-8-13)25-21(27)19(14(2)24-25)23-22-18-12-9-15-5-3-4-6-17(15)20(18)26/h4-14,30,32H,15-17H2,1-3H3;6-7,9-13,27,29H,4-5,8,14-16H2,1-3H3;2*4-12,28-30H,13H2,1-3H3;3-12,24,26H,1-2H3. The number of aryl methyl sites for hydroxylation is 17. The summed E-state index contributed by atoms with van der Waals surface area (Å²) in [6.45, 7) is 28.4. The van der Waals surface area contributed by atoms with Gasteiger partial charge in [-0.1, -0.05) is 219 Å². The Labute approximate surface area is 867 Å². The number of aromatic amines is 3. The lowest BCUT2D eigenvalue weighted by Crippen LogP contribution is -2.17. The highest BCUT2D eigenvalue weighted by Crippen LogP contribution is 2.47. The number of hydrogen-bond acceptors (Lipinski definition) is 22. The van der Waals surface area contributed by atoms with Gasteiger partial charge in [-0.3, -0.25) is 43.5 Å². The van der Waals surface area contributed by atoms with Crippen LogP contribution in [0.1, 0.15) is 138 Å². The minimum Gasteiger partial charge on any atom is -0.506 e. The third kappa shape index (κ3) is 25.0. The molecule has 12 N–H and O–H groups in total. The number of aliphatic hydroxyl groups is 2. The molecule has 5 heterocycles. The van der Waals surface area contributed by atoms with E-state index in [4.69, 9.17) is 0 Å². The Bertz CT molecular complexity index is 8440. The van der Waals surface area contributed by atoms with Crippen molar-refractivity contribution in [1.29, 1.82) is 0 Å². The summed E-state index contributed by atoms with van der Waals surface area (Å²) in [7, 11) is 0. The first-order valence-electron chi connectivity index (χ1n) is 49.5. The zero-order valence-corrected chi connectivity index (χ0v) is 86.3. The lowest BCUT2D eigenvalue weighted by Gasteiger charge is -2.11. The molecule has 30 heteroatoms. The molecule has 0 saturated carbocycles. The van der Waals surface area contributed by atoms with E-state index in [1.807, 2.05) is 237 Å². The number of aromatic nitrogens is 8. The lowest BCUT2D eigenvalue weighted by atomic mass is 9.96. The summed E-state index contributed by atoms with van der Waals surface area (Å²) in [5, 5.41) is 147. The fourth-order valence-corrected chi connectivity index (χ4v) is 17.9.